The van der Waals surface area contributed by atoms with Gasteiger partial charge in [0.1, 0.15) is 17.3 Å². The van der Waals surface area contributed by atoms with Crippen molar-refractivity contribution in [2.75, 3.05) is 0 Å². The van der Waals surface area contributed by atoms with Gasteiger partial charge in [-0.3, -0.25) is 0 Å². The summed E-state index contributed by atoms with van der Waals surface area (Å²) in [4.78, 5) is 30.5. The lowest BCUT2D eigenvalue weighted by atomic mass is 10.1. The van der Waals surface area contributed by atoms with Crippen molar-refractivity contribution in [3.8, 4) is 5.75 Å². The molecule has 1 heterocycles. The van der Waals surface area contributed by atoms with E-state index in [2.05, 4.69) is 9.97 Å². The number of rotatable bonds is 8. The first kappa shape index (κ1) is 21.2. The van der Waals surface area contributed by atoms with Crippen molar-refractivity contribution in [1.82, 2.24) is 9.97 Å². The Morgan fingerprint density at radius 3 is 2.41 bits per heavy atom. The van der Waals surface area contributed by atoms with Crippen LogP contribution in [0.1, 0.15) is 21.5 Å². The van der Waals surface area contributed by atoms with Crippen LogP contribution in [0.25, 0.3) is 17.1 Å². The number of aromatic amines is 1. The van der Waals surface area contributed by atoms with Gasteiger partial charge in [0.2, 0.25) is 0 Å². The molecule has 0 unspecified atom stereocenters. The van der Waals surface area contributed by atoms with E-state index in [4.69, 9.17) is 9.84 Å². The van der Waals surface area contributed by atoms with Gasteiger partial charge in [-0.25, -0.2) is 14.6 Å². The predicted molar refractivity (Wildman–Crippen MR) is 122 cm³/mol. The Hall–Kier alpha value is -4.04. The van der Waals surface area contributed by atoms with Crippen LogP contribution in [0.15, 0.2) is 82.9 Å². The zero-order valence-corrected chi connectivity index (χ0v) is 17.5. The number of nitrogens with one attached hydrogen (secondary N) is 1. The number of aromatic nitrogens is 2. The molecule has 4 rings (SSSR count). The monoisotopic (exact) mass is 446 g/mol. The molecule has 0 radical (unpaired) electrons. The molecule has 0 atom stereocenters. The van der Waals surface area contributed by atoms with Crippen molar-refractivity contribution in [3.63, 3.8) is 0 Å². The number of hydrogen-bond acceptors (Lipinski definition) is 5. The summed E-state index contributed by atoms with van der Waals surface area (Å²) in [5.41, 5.74) is 3.19. The molecular formula is C24H18N2O5S. The van der Waals surface area contributed by atoms with Crippen LogP contribution in [-0.2, 0) is 11.4 Å². The number of aliphatic carboxylic acids is 1. The number of carboxylic acid groups (broad SMARTS) is 2. The Morgan fingerprint density at radius 2 is 1.69 bits per heavy atom. The second kappa shape index (κ2) is 9.40. The minimum Gasteiger partial charge on any atom is -0.488 e. The van der Waals surface area contributed by atoms with Gasteiger partial charge in [0.25, 0.3) is 0 Å². The van der Waals surface area contributed by atoms with Crippen LogP contribution in [-0.4, -0.2) is 32.1 Å². The number of fused-ring (bicyclic) bond motifs is 1. The molecule has 8 heteroatoms. The SMILES string of the molecule is O=C(O)/C(=C/c1ccccc1OCc1ccc(C(=O)O)cc1)Sc1nc2ccccc2[nH]1. The van der Waals surface area contributed by atoms with Crippen molar-refractivity contribution >= 4 is 40.8 Å². The standard InChI is InChI=1S/C24H18N2O5S/c27-22(28)16-11-9-15(10-12-16)14-31-20-8-4-1-5-17(20)13-21(23(29)30)32-24-25-18-6-2-3-7-19(18)26-24/h1-13H,14H2,(H,25,26)(H,27,28)(H,29,30)/b21-13-. The molecular weight excluding hydrogens is 428 g/mol. The average molecular weight is 446 g/mol. The Bertz CT molecular complexity index is 1280. The number of imidazole rings is 1. The third-order valence-electron chi connectivity index (χ3n) is 4.59. The molecule has 0 saturated heterocycles. The number of hydrogen-bond donors (Lipinski definition) is 3. The van der Waals surface area contributed by atoms with Gasteiger partial charge < -0.3 is 19.9 Å². The first-order valence-corrected chi connectivity index (χ1v) is 10.4. The summed E-state index contributed by atoms with van der Waals surface area (Å²) in [6.07, 6.45) is 1.54. The fourth-order valence-electron chi connectivity index (χ4n) is 2.99. The van der Waals surface area contributed by atoms with E-state index in [1.54, 1.807) is 42.5 Å². The van der Waals surface area contributed by atoms with Crippen molar-refractivity contribution in [3.05, 3.63) is 94.4 Å². The highest BCUT2D eigenvalue weighted by Crippen LogP contribution is 2.30. The van der Waals surface area contributed by atoms with Gasteiger partial charge in [0, 0.05) is 5.56 Å². The molecule has 4 aromatic rings. The summed E-state index contributed by atoms with van der Waals surface area (Å²) in [7, 11) is 0. The topological polar surface area (TPSA) is 113 Å². The van der Waals surface area contributed by atoms with Gasteiger partial charge in [-0.1, -0.05) is 42.5 Å². The molecule has 0 aliphatic rings. The molecule has 0 spiro atoms. The van der Waals surface area contributed by atoms with E-state index in [0.717, 1.165) is 28.4 Å². The zero-order chi connectivity index (χ0) is 22.5. The largest absolute Gasteiger partial charge is 0.488 e. The lowest BCUT2D eigenvalue weighted by molar-refractivity contribution is -0.131. The van der Waals surface area contributed by atoms with E-state index in [1.165, 1.54) is 12.1 Å². The second-order valence-corrected chi connectivity index (χ2v) is 7.83. The Balaban J connectivity index is 1.54. The fraction of sp³-hybridized carbons (Fsp3) is 0.0417. The maximum atomic E-state index is 11.9. The highest BCUT2D eigenvalue weighted by atomic mass is 32.2. The summed E-state index contributed by atoms with van der Waals surface area (Å²) < 4.78 is 5.88. The molecule has 7 nitrogen and oxygen atoms in total. The van der Waals surface area contributed by atoms with Crippen LogP contribution in [0.3, 0.4) is 0 Å². The van der Waals surface area contributed by atoms with E-state index in [9.17, 15) is 14.7 Å². The Kier molecular flexibility index (Phi) is 6.23. The summed E-state index contributed by atoms with van der Waals surface area (Å²) in [5, 5.41) is 19.2. The highest BCUT2D eigenvalue weighted by molar-refractivity contribution is 8.04. The Morgan fingerprint density at radius 1 is 0.969 bits per heavy atom. The van der Waals surface area contributed by atoms with Gasteiger partial charge in [0.15, 0.2) is 5.16 Å². The number of para-hydroxylation sites is 3. The van der Waals surface area contributed by atoms with E-state index < -0.39 is 11.9 Å². The van der Waals surface area contributed by atoms with Crippen molar-refractivity contribution < 1.29 is 24.5 Å². The quantitative estimate of drug-likeness (QED) is 0.256. The second-order valence-electron chi connectivity index (χ2n) is 6.80. The van der Waals surface area contributed by atoms with Gasteiger partial charge in [-0.2, -0.15) is 0 Å². The van der Waals surface area contributed by atoms with Gasteiger partial charge >= 0.3 is 11.9 Å². The van der Waals surface area contributed by atoms with Crippen LogP contribution in [0.2, 0.25) is 0 Å². The number of ether oxygens (including phenoxy) is 1. The first-order chi connectivity index (χ1) is 15.5. The predicted octanol–water partition coefficient (Wildman–Crippen LogP) is 5.06. The van der Waals surface area contributed by atoms with Crippen LogP contribution >= 0.6 is 11.8 Å². The van der Waals surface area contributed by atoms with Crippen LogP contribution in [0.4, 0.5) is 0 Å². The molecule has 1 aromatic heterocycles. The van der Waals surface area contributed by atoms with Crippen molar-refractivity contribution in [2.24, 2.45) is 0 Å². The minimum atomic E-state index is -1.07. The normalized spacial score (nSPS) is 11.4. The molecule has 3 aromatic carbocycles. The maximum Gasteiger partial charge on any atom is 0.342 e. The van der Waals surface area contributed by atoms with E-state index in [-0.39, 0.29) is 17.1 Å². The molecule has 0 amide bonds. The van der Waals surface area contributed by atoms with E-state index in [0.29, 0.717) is 16.5 Å². The molecule has 0 saturated carbocycles. The number of aromatic carboxylic acids is 1. The summed E-state index contributed by atoms with van der Waals surface area (Å²) in [5.74, 6) is -1.55. The molecule has 0 bridgehead atoms. The van der Waals surface area contributed by atoms with Crippen LogP contribution < -0.4 is 4.74 Å². The fourth-order valence-corrected chi connectivity index (χ4v) is 3.78. The van der Waals surface area contributed by atoms with Gasteiger partial charge in [0.05, 0.1) is 16.6 Å². The molecule has 0 fully saturated rings. The first-order valence-electron chi connectivity index (χ1n) is 9.61. The van der Waals surface area contributed by atoms with Crippen LogP contribution in [0, 0.1) is 0 Å². The zero-order valence-electron chi connectivity index (χ0n) is 16.7. The highest BCUT2D eigenvalue weighted by Gasteiger charge is 2.14. The summed E-state index contributed by atoms with van der Waals surface area (Å²) in [6.45, 7) is 0.212. The summed E-state index contributed by atoms with van der Waals surface area (Å²) >= 11 is 1.03. The molecule has 0 aliphatic carbocycles. The number of carboxylic acids is 2. The molecule has 160 valence electrons. The number of nitrogens with zero attached hydrogens (tertiary/aromatic N) is 1. The smallest absolute Gasteiger partial charge is 0.342 e. The van der Waals surface area contributed by atoms with E-state index in [1.807, 2.05) is 24.3 Å². The van der Waals surface area contributed by atoms with Crippen molar-refractivity contribution in [1.29, 1.82) is 0 Å². The number of thioether (sulfide) groups is 1. The Labute approximate surface area is 187 Å². The average Bonchev–Trinajstić information content (AvgIpc) is 3.20. The van der Waals surface area contributed by atoms with Crippen LogP contribution in [0.5, 0.6) is 5.75 Å². The number of benzene rings is 3. The van der Waals surface area contributed by atoms with Gasteiger partial charge in [-0.05, 0) is 53.7 Å². The molecule has 32 heavy (non-hydrogen) atoms. The number of carbonyl (C=O) groups is 2. The number of H-pyrrole nitrogens is 1. The summed E-state index contributed by atoms with van der Waals surface area (Å²) in [6, 6.07) is 21.0. The molecule has 3 N–H and O–H groups in total. The third kappa shape index (κ3) is 4.98. The molecule has 0 aliphatic heterocycles. The van der Waals surface area contributed by atoms with Gasteiger partial charge in [-0.15, -0.1) is 0 Å². The lowest BCUT2D eigenvalue weighted by Crippen LogP contribution is -2.01. The minimum absolute atomic E-state index is 0.0888. The van der Waals surface area contributed by atoms with Crippen molar-refractivity contribution in [2.45, 2.75) is 11.8 Å². The maximum absolute atomic E-state index is 11.9. The third-order valence-corrected chi connectivity index (χ3v) is 5.48. The lowest BCUT2D eigenvalue weighted by Gasteiger charge is -2.10. The van der Waals surface area contributed by atoms with E-state index >= 15 is 0 Å².